The minimum absolute atomic E-state index is 0.108. The molecule has 5 atom stereocenters. The van der Waals surface area contributed by atoms with Gasteiger partial charge in [-0.1, -0.05) is 388 Å². The highest BCUT2D eigenvalue weighted by molar-refractivity contribution is 7.47. The van der Waals surface area contributed by atoms with Crippen molar-refractivity contribution in [1.29, 1.82) is 0 Å². The second-order valence-corrected chi connectivity index (χ2v) is 32.9. The van der Waals surface area contributed by atoms with E-state index in [4.69, 9.17) is 37.0 Å². The lowest BCUT2D eigenvalue weighted by atomic mass is 10.0. The number of phosphoric ester groups is 2. The number of unbranched alkanes of at least 4 members (excludes halogenated alkanes) is 54. The van der Waals surface area contributed by atoms with Gasteiger partial charge in [-0.3, -0.25) is 37.3 Å². The van der Waals surface area contributed by atoms with Crippen molar-refractivity contribution in [3.05, 3.63) is 0 Å². The molecule has 0 heterocycles. The minimum Gasteiger partial charge on any atom is -0.462 e. The molecule has 0 saturated carbocycles. The number of carbonyl (C=O) groups excluding carboxylic acids is 4. The molecule has 0 aromatic heterocycles. The lowest BCUT2D eigenvalue weighted by Crippen LogP contribution is -2.30. The second kappa shape index (κ2) is 74.9. The molecule has 17 nitrogen and oxygen atoms in total. The highest BCUT2D eigenvalue weighted by Crippen LogP contribution is 2.45. The van der Waals surface area contributed by atoms with Crippen LogP contribution in [0.1, 0.15) is 439 Å². The number of hydrogen-bond acceptors (Lipinski definition) is 15. The topological polar surface area (TPSA) is 237 Å². The number of hydrogen-bond donors (Lipinski definition) is 3. The summed E-state index contributed by atoms with van der Waals surface area (Å²) < 4.78 is 68.8. The molecule has 0 aliphatic heterocycles. The van der Waals surface area contributed by atoms with Gasteiger partial charge in [-0.15, -0.1) is 0 Å². The summed E-state index contributed by atoms with van der Waals surface area (Å²) in [5.41, 5.74) is 0. The Labute approximate surface area is 619 Å². The second-order valence-electron chi connectivity index (χ2n) is 30.0. The van der Waals surface area contributed by atoms with Crippen molar-refractivity contribution >= 4 is 39.5 Å². The maximum absolute atomic E-state index is 13.1. The molecule has 2 unspecified atom stereocenters. The van der Waals surface area contributed by atoms with Gasteiger partial charge in [0.2, 0.25) is 0 Å². The Morgan fingerprint density at radius 1 is 0.267 bits per heavy atom. The Morgan fingerprint density at radius 2 is 0.455 bits per heavy atom. The number of aliphatic hydroxyl groups excluding tert-OH is 1. The van der Waals surface area contributed by atoms with Gasteiger partial charge in [-0.2, -0.15) is 0 Å². The van der Waals surface area contributed by atoms with Crippen LogP contribution in [0.3, 0.4) is 0 Å². The average molecular weight is 1480 g/mol. The Kier molecular flexibility index (Phi) is 73.5. The van der Waals surface area contributed by atoms with Crippen LogP contribution in [0.15, 0.2) is 0 Å². The van der Waals surface area contributed by atoms with E-state index in [-0.39, 0.29) is 25.7 Å². The molecular weight excluding hydrogens is 1320 g/mol. The van der Waals surface area contributed by atoms with E-state index >= 15 is 0 Å². The fourth-order valence-corrected chi connectivity index (χ4v) is 14.3. The number of rotatable bonds is 82. The van der Waals surface area contributed by atoms with E-state index in [1.807, 2.05) is 0 Å². The van der Waals surface area contributed by atoms with Crippen LogP contribution in [0.2, 0.25) is 0 Å². The monoisotopic (exact) mass is 1480 g/mol. The zero-order chi connectivity index (χ0) is 74.1. The third-order valence-corrected chi connectivity index (χ3v) is 21.2. The molecule has 0 bridgehead atoms. The Morgan fingerprint density at radius 3 is 0.673 bits per heavy atom. The first-order chi connectivity index (χ1) is 49.0. The maximum Gasteiger partial charge on any atom is 0.472 e. The zero-order valence-electron chi connectivity index (χ0n) is 66.1. The molecule has 0 aromatic carbocycles. The predicted octanol–water partition coefficient (Wildman–Crippen LogP) is 24.8. The summed E-state index contributed by atoms with van der Waals surface area (Å²) in [6, 6.07) is 0. The summed E-state index contributed by atoms with van der Waals surface area (Å²) in [4.78, 5) is 73.1. The molecule has 0 aromatic rings. The first-order valence-electron chi connectivity index (χ1n) is 42.6. The highest BCUT2D eigenvalue weighted by Gasteiger charge is 2.30. The number of carbonyl (C=O) groups is 4. The van der Waals surface area contributed by atoms with E-state index < -0.39 is 97.5 Å². The van der Waals surface area contributed by atoms with Gasteiger partial charge in [-0.05, 0) is 31.6 Å². The Hall–Kier alpha value is -1.94. The van der Waals surface area contributed by atoms with Gasteiger partial charge < -0.3 is 33.8 Å². The SMILES string of the molecule is CCCCCCCCCCCCCCCCCCCCC(=O)O[C@H](COC(=O)CCCCCCCCCCCCCCCCCC)COP(=O)(O)OC[C@@H](O)COP(=O)(O)OC[C@@H](COC(=O)CCCCCCCCCCCC(C)C)OC(=O)CCCCCCCCCCCCCCCCC. The lowest BCUT2D eigenvalue weighted by Gasteiger charge is -2.21. The number of phosphoric acid groups is 2. The number of esters is 4. The van der Waals surface area contributed by atoms with Gasteiger partial charge in [0.25, 0.3) is 0 Å². The van der Waals surface area contributed by atoms with Crippen molar-refractivity contribution in [2.24, 2.45) is 5.92 Å². The van der Waals surface area contributed by atoms with Gasteiger partial charge >= 0.3 is 39.5 Å². The first kappa shape index (κ1) is 99.1. The molecule has 0 aliphatic rings. The number of ether oxygens (including phenoxy) is 4. The normalized spacial score (nSPS) is 13.8. The smallest absolute Gasteiger partial charge is 0.462 e. The van der Waals surface area contributed by atoms with E-state index in [0.717, 1.165) is 95.8 Å². The first-order valence-corrected chi connectivity index (χ1v) is 45.6. The molecule has 0 spiro atoms. The van der Waals surface area contributed by atoms with Gasteiger partial charge in [0.1, 0.15) is 19.3 Å². The van der Waals surface area contributed by atoms with Crippen LogP contribution < -0.4 is 0 Å². The third kappa shape index (κ3) is 76.1. The van der Waals surface area contributed by atoms with Crippen LogP contribution in [0.5, 0.6) is 0 Å². The lowest BCUT2D eigenvalue weighted by molar-refractivity contribution is -0.161. The molecule has 600 valence electrons. The molecule has 19 heteroatoms. The standard InChI is InChI=1S/C82H160O17P2/c1-6-9-12-15-18-21-24-27-30-32-33-36-39-42-47-53-58-63-68-82(87)98-77(71-92-79(84)65-60-55-50-45-40-37-35-31-28-25-22-19-16-13-10-7-2)73-96-100(88,89)94-69-76(83)70-95-101(90,91)97-74-78(72-93-80(85)66-61-56-51-48-43-44-49-54-59-64-75(4)5)99-81(86)67-62-57-52-46-41-38-34-29-26-23-20-17-14-11-8-3/h75-78,83H,6-74H2,1-5H3,(H,88,89)(H,90,91)/t76-,77-,78-/m1/s1. The predicted molar refractivity (Wildman–Crippen MR) is 414 cm³/mol. The quantitative estimate of drug-likeness (QED) is 0.0222. The van der Waals surface area contributed by atoms with Crippen LogP contribution in [0.4, 0.5) is 0 Å². The minimum atomic E-state index is -4.96. The van der Waals surface area contributed by atoms with Crippen molar-refractivity contribution in [3.8, 4) is 0 Å². The summed E-state index contributed by atoms with van der Waals surface area (Å²) in [5, 5.41) is 10.7. The van der Waals surface area contributed by atoms with E-state index in [2.05, 4.69) is 34.6 Å². The third-order valence-electron chi connectivity index (χ3n) is 19.3. The molecule has 0 amide bonds. The average Bonchev–Trinajstić information content (AvgIpc) is 0.971. The molecule has 0 radical (unpaired) electrons. The van der Waals surface area contributed by atoms with Crippen LogP contribution >= 0.6 is 15.6 Å². The van der Waals surface area contributed by atoms with Crippen molar-refractivity contribution < 1.29 is 80.2 Å². The highest BCUT2D eigenvalue weighted by atomic mass is 31.2. The zero-order valence-corrected chi connectivity index (χ0v) is 67.8. The van der Waals surface area contributed by atoms with Gasteiger partial charge in [0, 0.05) is 25.7 Å². The van der Waals surface area contributed by atoms with Crippen LogP contribution in [-0.2, 0) is 65.4 Å². The molecule has 0 saturated heterocycles. The van der Waals surface area contributed by atoms with Crippen molar-refractivity contribution in [2.75, 3.05) is 39.6 Å². The molecule has 0 rings (SSSR count). The fourth-order valence-electron chi connectivity index (χ4n) is 12.8. The van der Waals surface area contributed by atoms with Gasteiger partial charge in [0.05, 0.1) is 26.4 Å². The summed E-state index contributed by atoms with van der Waals surface area (Å²) >= 11 is 0. The van der Waals surface area contributed by atoms with E-state index in [1.54, 1.807) is 0 Å². The Bertz CT molecular complexity index is 1930. The molecular formula is C82H160O17P2. The van der Waals surface area contributed by atoms with Crippen molar-refractivity contribution in [3.63, 3.8) is 0 Å². The molecule has 3 N–H and O–H groups in total. The van der Waals surface area contributed by atoms with Crippen molar-refractivity contribution in [2.45, 2.75) is 457 Å². The van der Waals surface area contributed by atoms with Crippen LogP contribution in [-0.4, -0.2) is 96.7 Å². The summed E-state index contributed by atoms with van der Waals surface area (Å²) in [6.45, 7) is 7.33. The molecule has 0 aliphatic carbocycles. The van der Waals surface area contributed by atoms with Crippen LogP contribution in [0, 0.1) is 5.92 Å². The fraction of sp³-hybridized carbons (Fsp3) is 0.951. The van der Waals surface area contributed by atoms with Gasteiger partial charge in [0.15, 0.2) is 12.2 Å². The van der Waals surface area contributed by atoms with E-state index in [9.17, 15) is 43.2 Å². The largest absolute Gasteiger partial charge is 0.472 e. The van der Waals surface area contributed by atoms with Gasteiger partial charge in [-0.25, -0.2) is 9.13 Å². The summed E-state index contributed by atoms with van der Waals surface area (Å²) in [6.07, 6.45) is 66.5. The van der Waals surface area contributed by atoms with E-state index in [1.165, 1.54) is 263 Å². The molecule has 0 fully saturated rings. The van der Waals surface area contributed by atoms with Crippen LogP contribution in [0.25, 0.3) is 0 Å². The summed E-state index contributed by atoms with van der Waals surface area (Å²) in [5.74, 6) is -1.36. The van der Waals surface area contributed by atoms with Crippen molar-refractivity contribution in [1.82, 2.24) is 0 Å². The van der Waals surface area contributed by atoms with E-state index in [0.29, 0.717) is 25.7 Å². The maximum atomic E-state index is 13.1. The number of aliphatic hydroxyl groups is 1. The Balaban J connectivity index is 5.26. The molecule has 101 heavy (non-hydrogen) atoms. The summed E-state index contributed by atoms with van der Waals surface area (Å²) in [7, 11) is -9.92.